The second-order valence-electron chi connectivity index (χ2n) is 5.92. The van der Waals surface area contributed by atoms with Crippen molar-refractivity contribution in [3.8, 4) is 0 Å². The first kappa shape index (κ1) is 15.5. The van der Waals surface area contributed by atoms with Gasteiger partial charge in [0.2, 0.25) is 0 Å². The van der Waals surface area contributed by atoms with Crippen molar-refractivity contribution in [3.05, 3.63) is 29.6 Å². The van der Waals surface area contributed by atoms with E-state index in [0.29, 0.717) is 6.61 Å². The van der Waals surface area contributed by atoms with Gasteiger partial charge in [-0.3, -0.25) is 4.79 Å². The second-order valence-corrected chi connectivity index (χ2v) is 5.92. The van der Waals surface area contributed by atoms with E-state index < -0.39 is 5.41 Å². The molecular formula is C17H24N2O2. The van der Waals surface area contributed by atoms with Crippen molar-refractivity contribution < 1.29 is 9.53 Å². The van der Waals surface area contributed by atoms with Crippen LogP contribution in [0.1, 0.15) is 45.5 Å². The number of aryl methyl sites for hydroxylation is 2. The first-order valence-electron chi connectivity index (χ1n) is 7.56. The summed E-state index contributed by atoms with van der Waals surface area (Å²) in [7, 11) is 0. The third kappa shape index (κ3) is 2.80. The predicted molar refractivity (Wildman–Crippen MR) is 84.4 cm³/mol. The van der Waals surface area contributed by atoms with E-state index >= 15 is 0 Å². The molecule has 0 saturated carbocycles. The molecule has 0 bridgehead atoms. The molecule has 4 nitrogen and oxygen atoms in total. The Bertz CT molecular complexity index is 656. The highest BCUT2D eigenvalue weighted by Crippen LogP contribution is 2.29. The third-order valence-electron chi connectivity index (χ3n) is 3.70. The second kappa shape index (κ2) is 5.88. The summed E-state index contributed by atoms with van der Waals surface area (Å²) >= 11 is 0. The van der Waals surface area contributed by atoms with Crippen LogP contribution in [-0.4, -0.2) is 22.1 Å². The first-order valence-corrected chi connectivity index (χ1v) is 7.56. The number of hydrogen-bond donors (Lipinski definition) is 0. The molecule has 0 aliphatic heterocycles. The summed E-state index contributed by atoms with van der Waals surface area (Å²) < 4.78 is 7.37. The zero-order valence-electron chi connectivity index (χ0n) is 13.6. The molecule has 4 heteroatoms. The minimum Gasteiger partial charge on any atom is -0.465 e. The lowest BCUT2D eigenvalue weighted by Gasteiger charge is -2.23. The van der Waals surface area contributed by atoms with Gasteiger partial charge >= 0.3 is 5.97 Å². The first-order chi connectivity index (χ1) is 9.91. The Morgan fingerprint density at radius 1 is 1.33 bits per heavy atom. The van der Waals surface area contributed by atoms with Gasteiger partial charge in [0.25, 0.3) is 0 Å². The fraction of sp³-hybridized carbons (Fsp3) is 0.529. The van der Waals surface area contributed by atoms with E-state index in [-0.39, 0.29) is 5.97 Å². The Morgan fingerprint density at radius 2 is 2.05 bits per heavy atom. The molecule has 0 radical (unpaired) electrons. The monoisotopic (exact) mass is 288 g/mol. The normalized spacial score (nSPS) is 11.9. The lowest BCUT2D eigenvalue weighted by Crippen LogP contribution is -2.34. The lowest BCUT2D eigenvalue weighted by atomic mass is 9.92. The van der Waals surface area contributed by atoms with Gasteiger partial charge in [-0.1, -0.05) is 13.0 Å². The van der Waals surface area contributed by atoms with Gasteiger partial charge in [0.15, 0.2) is 0 Å². The fourth-order valence-corrected chi connectivity index (χ4v) is 2.57. The number of fused-ring (bicyclic) bond motifs is 1. The molecule has 0 atom stereocenters. The molecular weight excluding hydrogens is 264 g/mol. The molecule has 1 aromatic heterocycles. The molecule has 21 heavy (non-hydrogen) atoms. The van der Waals surface area contributed by atoms with Gasteiger partial charge in [0.05, 0.1) is 17.6 Å². The molecule has 0 aliphatic carbocycles. The molecule has 0 unspecified atom stereocenters. The molecule has 2 aromatic rings. The molecule has 0 amide bonds. The van der Waals surface area contributed by atoms with Crippen molar-refractivity contribution in [2.75, 3.05) is 6.61 Å². The summed E-state index contributed by atoms with van der Waals surface area (Å²) in [4.78, 5) is 17.0. The Kier molecular flexibility index (Phi) is 4.35. The van der Waals surface area contributed by atoms with Gasteiger partial charge in [-0.15, -0.1) is 0 Å². The van der Waals surface area contributed by atoms with E-state index in [2.05, 4.69) is 36.6 Å². The smallest absolute Gasteiger partial charge is 0.319 e. The maximum Gasteiger partial charge on any atom is 0.319 e. The Labute approximate surface area is 126 Å². The molecule has 1 aromatic carbocycles. The zero-order chi connectivity index (χ0) is 15.6. The van der Waals surface area contributed by atoms with E-state index in [9.17, 15) is 4.79 Å². The highest BCUT2D eigenvalue weighted by atomic mass is 16.5. The number of carbonyl (C=O) groups excluding carboxylic acids is 1. The SMILES string of the molecule is CCCn1c(C(C)(C)C(=O)OCC)nc2cc(C)ccc21. The maximum atomic E-state index is 12.3. The number of hydrogen-bond acceptors (Lipinski definition) is 3. The van der Waals surface area contributed by atoms with Crippen LogP contribution in [0.3, 0.4) is 0 Å². The summed E-state index contributed by atoms with van der Waals surface area (Å²) in [5.41, 5.74) is 2.44. The minimum atomic E-state index is -0.752. The molecule has 0 fully saturated rings. The predicted octanol–water partition coefficient (Wildman–Crippen LogP) is 3.60. The summed E-state index contributed by atoms with van der Waals surface area (Å²) in [5, 5.41) is 0. The number of ether oxygens (including phenoxy) is 1. The van der Waals surface area contributed by atoms with Crippen LogP contribution >= 0.6 is 0 Å². The summed E-state index contributed by atoms with van der Waals surface area (Å²) in [5.74, 6) is 0.554. The molecule has 0 N–H and O–H groups in total. The van der Waals surface area contributed by atoms with Crippen molar-refractivity contribution >= 4 is 17.0 Å². The van der Waals surface area contributed by atoms with Crippen LogP contribution < -0.4 is 0 Å². The average molecular weight is 288 g/mol. The Hall–Kier alpha value is -1.84. The quantitative estimate of drug-likeness (QED) is 0.790. The number of carbonyl (C=O) groups is 1. The summed E-state index contributed by atoms with van der Waals surface area (Å²) in [6.45, 7) is 11.0. The third-order valence-corrected chi connectivity index (χ3v) is 3.70. The van der Waals surface area contributed by atoms with Crippen molar-refractivity contribution in [3.63, 3.8) is 0 Å². The Morgan fingerprint density at radius 3 is 2.67 bits per heavy atom. The molecule has 1 heterocycles. The van der Waals surface area contributed by atoms with Crippen LogP contribution in [-0.2, 0) is 21.5 Å². The van der Waals surface area contributed by atoms with Crippen LogP contribution in [0.2, 0.25) is 0 Å². The van der Waals surface area contributed by atoms with Crippen LogP contribution in [0.25, 0.3) is 11.0 Å². The van der Waals surface area contributed by atoms with Gasteiger partial charge < -0.3 is 9.30 Å². The van der Waals surface area contributed by atoms with E-state index in [1.165, 1.54) is 5.56 Å². The highest BCUT2D eigenvalue weighted by molar-refractivity contribution is 5.84. The molecule has 0 aliphatic rings. The number of esters is 1. The topological polar surface area (TPSA) is 44.1 Å². The van der Waals surface area contributed by atoms with E-state index in [1.807, 2.05) is 20.8 Å². The number of imidazole rings is 1. The van der Waals surface area contributed by atoms with Crippen LogP contribution in [0.5, 0.6) is 0 Å². The maximum absolute atomic E-state index is 12.3. The number of benzene rings is 1. The minimum absolute atomic E-state index is 0.227. The molecule has 2 rings (SSSR count). The highest BCUT2D eigenvalue weighted by Gasteiger charge is 2.36. The van der Waals surface area contributed by atoms with E-state index in [1.54, 1.807) is 0 Å². The fourth-order valence-electron chi connectivity index (χ4n) is 2.57. The van der Waals surface area contributed by atoms with Crippen molar-refractivity contribution in [1.29, 1.82) is 0 Å². The molecule has 114 valence electrons. The van der Waals surface area contributed by atoms with Crippen molar-refractivity contribution in [2.45, 2.75) is 53.0 Å². The number of aromatic nitrogens is 2. The molecule has 0 saturated heterocycles. The van der Waals surface area contributed by atoms with Gasteiger partial charge in [0.1, 0.15) is 11.2 Å². The van der Waals surface area contributed by atoms with Crippen LogP contribution in [0.4, 0.5) is 0 Å². The Balaban J connectivity index is 2.61. The zero-order valence-corrected chi connectivity index (χ0v) is 13.6. The van der Waals surface area contributed by atoms with Gasteiger partial charge in [-0.05, 0) is 51.8 Å². The number of nitrogens with zero attached hydrogens (tertiary/aromatic N) is 2. The van der Waals surface area contributed by atoms with Crippen molar-refractivity contribution in [1.82, 2.24) is 9.55 Å². The van der Waals surface area contributed by atoms with E-state index in [0.717, 1.165) is 29.8 Å². The standard InChI is InChI=1S/C17H24N2O2/c1-6-10-19-14-9-8-12(3)11-13(14)18-15(19)17(4,5)16(20)21-7-2/h8-9,11H,6-7,10H2,1-5H3. The molecule has 0 spiro atoms. The van der Waals surface area contributed by atoms with Gasteiger partial charge in [0, 0.05) is 6.54 Å². The van der Waals surface area contributed by atoms with Gasteiger partial charge in [-0.2, -0.15) is 0 Å². The van der Waals surface area contributed by atoms with Crippen molar-refractivity contribution in [2.24, 2.45) is 0 Å². The summed E-state index contributed by atoms with van der Waals surface area (Å²) in [6.07, 6.45) is 0.991. The number of rotatable bonds is 5. The average Bonchev–Trinajstić information content (AvgIpc) is 2.78. The van der Waals surface area contributed by atoms with E-state index in [4.69, 9.17) is 9.72 Å². The largest absolute Gasteiger partial charge is 0.465 e. The van der Waals surface area contributed by atoms with Gasteiger partial charge in [-0.25, -0.2) is 4.98 Å². The van der Waals surface area contributed by atoms with Crippen LogP contribution in [0, 0.1) is 6.92 Å². The lowest BCUT2D eigenvalue weighted by molar-refractivity contribution is -0.149. The summed E-state index contributed by atoms with van der Waals surface area (Å²) in [6, 6.07) is 6.22. The van der Waals surface area contributed by atoms with Crippen LogP contribution in [0.15, 0.2) is 18.2 Å².